The van der Waals surface area contributed by atoms with Crippen LogP contribution in [0.1, 0.15) is 158 Å². The molecule has 3 aromatic rings. The van der Waals surface area contributed by atoms with Crippen LogP contribution in [0.25, 0.3) is 0 Å². The fourth-order valence-corrected chi connectivity index (χ4v) is 17.1. The van der Waals surface area contributed by atoms with Crippen LogP contribution in [0.15, 0.2) is 103 Å². The zero-order valence-corrected chi connectivity index (χ0v) is 46.3. The van der Waals surface area contributed by atoms with Gasteiger partial charge in [-0.25, -0.2) is 14.4 Å². The quantitative estimate of drug-likeness (QED) is 0.0716. The van der Waals surface area contributed by atoms with Crippen molar-refractivity contribution in [2.75, 3.05) is 13.2 Å². The van der Waals surface area contributed by atoms with E-state index in [9.17, 15) is 14.4 Å². The molecule has 6 aliphatic rings. The average Bonchev–Trinajstić information content (AvgIpc) is 3.89. The normalized spacial score (nSPS) is 37.0. The molecule has 0 radical (unpaired) electrons. The standard InChI is InChI=1S/C62H84O9Si/c1-40(2)44-30-35-62(39-67-72(11,12)57(3,4)5)37-36-60(9)45(50(44)62)28-29-48-59(8)33-32-49(58(6,7)47(59)31-34-61(48,60)10)69-56-52(71-55(65)43-26-20-15-21-27-43)51(70-54(64)42-24-18-14-19-25-42)46(68-56)38-66-53(63)41-22-16-13-17-23-41/h13-27,44-52,56H,1,28-39H2,2-12H3/t44-,45+,46+,47-,48+,49-,50+,51+,52+,56-,59-,60+,61+,62+/m0/s1. The van der Waals surface area contributed by atoms with E-state index < -0.39 is 50.8 Å². The molecule has 5 saturated carbocycles. The lowest BCUT2D eigenvalue weighted by Crippen LogP contribution is -2.67. The Kier molecular flexibility index (Phi) is 14.3. The predicted molar refractivity (Wildman–Crippen MR) is 284 cm³/mol. The highest BCUT2D eigenvalue weighted by Crippen LogP contribution is 2.78. The average molecular weight is 1000 g/mol. The predicted octanol–water partition coefficient (Wildman–Crippen LogP) is 14.1. The summed E-state index contributed by atoms with van der Waals surface area (Å²) in [5, 5.41) is 0.175. The third-order valence-electron chi connectivity index (χ3n) is 21.2. The first-order valence-electron chi connectivity index (χ1n) is 27.3. The van der Waals surface area contributed by atoms with Crippen molar-refractivity contribution in [3.8, 4) is 0 Å². The van der Waals surface area contributed by atoms with Crippen molar-refractivity contribution in [1.82, 2.24) is 0 Å². The molecular weight excluding hydrogens is 917 g/mol. The molecule has 0 N–H and O–H groups in total. The summed E-state index contributed by atoms with van der Waals surface area (Å²) in [6.07, 6.45) is 6.81. The van der Waals surface area contributed by atoms with Gasteiger partial charge in [-0.05, 0) is 182 Å². The molecule has 390 valence electrons. The summed E-state index contributed by atoms with van der Waals surface area (Å²) in [5.74, 6) is 0.932. The van der Waals surface area contributed by atoms with E-state index in [0.29, 0.717) is 46.3 Å². The van der Waals surface area contributed by atoms with E-state index in [4.69, 9.17) is 28.1 Å². The fraction of sp³-hybridized carbons (Fsp3) is 0.629. The summed E-state index contributed by atoms with van der Waals surface area (Å²) < 4.78 is 39.7. The molecule has 9 nitrogen and oxygen atoms in total. The number of benzene rings is 3. The number of ether oxygens (including phenoxy) is 5. The highest BCUT2D eigenvalue weighted by molar-refractivity contribution is 6.74. The molecule has 72 heavy (non-hydrogen) atoms. The fourth-order valence-electron chi connectivity index (χ4n) is 16.0. The van der Waals surface area contributed by atoms with Gasteiger partial charge in [-0.15, -0.1) is 0 Å². The minimum Gasteiger partial charge on any atom is -0.459 e. The third-order valence-corrected chi connectivity index (χ3v) is 25.6. The number of carbonyl (C=O) groups excluding carboxylic acids is 3. The topological polar surface area (TPSA) is 107 Å². The minimum atomic E-state index is -1.94. The van der Waals surface area contributed by atoms with Gasteiger partial charge in [0.25, 0.3) is 0 Å². The largest absolute Gasteiger partial charge is 0.459 e. The summed E-state index contributed by atoms with van der Waals surface area (Å²) in [6, 6.07) is 26.2. The lowest BCUT2D eigenvalue weighted by molar-refractivity contribution is -0.275. The minimum absolute atomic E-state index is 0.0748. The number of fused-ring (bicyclic) bond motifs is 7. The van der Waals surface area contributed by atoms with Gasteiger partial charge in [-0.1, -0.05) is 122 Å². The van der Waals surface area contributed by atoms with Crippen molar-refractivity contribution in [2.45, 2.75) is 175 Å². The van der Waals surface area contributed by atoms with Crippen LogP contribution in [0.3, 0.4) is 0 Å². The monoisotopic (exact) mass is 1000 g/mol. The van der Waals surface area contributed by atoms with Crippen LogP contribution in [0, 0.1) is 56.7 Å². The van der Waals surface area contributed by atoms with Crippen molar-refractivity contribution in [2.24, 2.45) is 56.7 Å². The van der Waals surface area contributed by atoms with Crippen molar-refractivity contribution in [3.05, 3.63) is 120 Å². The number of rotatable bonds is 13. The van der Waals surface area contributed by atoms with Crippen molar-refractivity contribution in [1.29, 1.82) is 0 Å². The summed E-state index contributed by atoms with van der Waals surface area (Å²) in [6.45, 7) is 32.3. The van der Waals surface area contributed by atoms with Gasteiger partial charge in [-0.3, -0.25) is 0 Å². The van der Waals surface area contributed by atoms with Crippen LogP contribution in [-0.4, -0.2) is 70.1 Å². The van der Waals surface area contributed by atoms with Crippen LogP contribution in [-0.2, 0) is 28.1 Å². The molecule has 14 atom stereocenters. The molecule has 1 aliphatic heterocycles. The van der Waals surface area contributed by atoms with Gasteiger partial charge in [0.05, 0.1) is 22.8 Å². The molecular formula is C62H84O9Si. The number of hydrogen-bond acceptors (Lipinski definition) is 9. The van der Waals surface area contributed by atoms with E-state index in [0.717, 1.165) is 25.9 Å². The molecule has 0 amide bonds. The van der Waals surface area contributed by atoms with Gasteiger partial charge >= 0.3 is 17.9 Å². The molecule has 5 aliphatic carbocycles. The molecule has 0 aromatic heterocycles. The zero-order chi connectivity index (χ0) is 51.6. The van der Waals surface area contributed by atoms with Gasteiger partial charge in [0.15, 0.2) is 26.8 Å². The molecule has 0 unspecified atom stereocenters. The number of allylic oxidation sites excluding steroid dienone is 1. The van der Waals surface area contributed by atoms with E-state index in [2.05, 4.69) is 82.0 Å². The Morgan fingerprint density at radius 1 is 0.667 bits per heavy atom. The third kappa shape index (κ3) is 9.18. The van der Waals surface area contributed by atoms with Crippen LogP contribution in [0.2, 0.25) is 18.1 Å². The molecule has 1 saturated heterocycles. The Labute approximate surface area is 432 Å². The molecule has 0 bridgehead atoms. The number of esters is 3. The first-order chi connectivity index (χ1) is 34.0. The molecule has 0 spiro atoms. The Morgan fingerprint density at radius 3 is 1.81 bits per heavy atom. The summed E-state index contributed by atoms with van der Waals surface area (Å²) in [7, 11) is -1.94. The van der Waals surface area contributed by atoms with E-state index in [1.54, 1.807) is 72.8 Å². The van der Waals surface area contributed by atoms with Crippen molar-refractivity contribution < 1.29 is 42.5 Å². The summed E-state index contributed by atoms with van der Waals surface area (Å²) >= 11 is 0. The van der Waals surface area contributed by atoms with Gasteiger partial charge < -0.3 is 28.1 Å². The van der Waals surface area contributed by atoms with Crippen LogP contribution in [0.4, 0.5) is 0 Å². The first-order valence-corrected chi connectivity index (χ1v) is 30.2. The van der Waals surface area contributed by atoms with E-state index in [-0.39, 0.29) is 44.8 Å². The molecule has 6 fully saturated rings. The SMILES string of the molecule is C=C(C)[C@@H]1CC[C@]2(CO[Si](C)(C)C(C)(C)C)CC[C@]3(C)[C@H](CC[C@@H]4[C@@]5(C)CC[C@H](O[C@@H]6O[C@H](COC(=O)c7ccccc7)[C@@H](OC(=O)c7ccccc7)[C@H]6OC(=O)c6ccccc6)C(C)(C)[C@@H]5CC[C@]43C)[C@@H]12. The number of carbonyl (C=O) groups is 3. The van der Waals surface area contributed by atoms with Gasteiger partial charge in [0.1, 0.15) is 12.7 Å². The molecule has 3 aromatic carbocycles. The molecule has 9 rings (SSSR count). The Hall–Kier alpha value is -4.09. The molecule has 1 heterocycles. The Bertz CT molecular complexity index is 2450. The second-order valence-electron chi connectivity index (χ2n) is 26.1. The summed E-state index contributed by atoms with van der Waals surface area (Å²) in [5.41, 5.74) is 2.78. The molecule has 10 heteroatoms. The summed E-state index contributed by atoms with van der Waals surface area (Å²) in [4.78, 5) is 41.3. The highest BCUT2D eigenvalue weighted by Gasteiger charge is 2.71. The lowest BCUT2D eigenvalue weighted by Gasteiger charge is -2.73. The second-order valence-corrected chi connectivity index (χ2v) is 30.9. The second kappa shape index (κ2) is 19.6. The van der Waals surface area contributed by atoms with Crippen LogP contribution < -0.4 is 0 Å². The van der Waals surface area contributed by atoms with Crippen molar-refractivity contribution in [3.63, 3.8) is 0 Å². The van der Waals surface area contributed by atoms with E-state index in [1.165, 1.54) is 50.5 Å². The Balaban J connectivity index is 0.981. The maximum Gasteiger partial charge on any atom is 0.338 e. The maximum atomic E-state index is 14.0. The van der Waals surface area contributed by atoms with Gasteiger partial charge in [0.2, 0.25) is 0 Å². The van der Waals surface area contributed by atoms with Gasteiger partial charge in [-0.2, -0.15) is 0 Å². The van der Waals surface area contributed by atoms with Gasteiger partial charge in [0, 0.05) is 6.61 Å². The van der Waals surface area contributed by atoms with Crippen LogP contribution in [0.5, 0.6) is 0 Å². The first kappa shape index (κ1) is 52.8. The van der Waals surface area contributed by atoms with E-state index in [1.807, 2.05) is 18.2 Å². The van der Waals surface area contributed by atoms with E-state index >= 15 is 0 Å². The zero-order valence-electron chi connectivity index (χ0n) is 45.3. The Morgan fingerprint density at radius 2 is 1.24 bits per heavy atom. The number of hydrogen-bond donors (Lipinski definition) is 0. The maximum absolute atomic E-state index is 14.0. The highest BCUT2D eigenvalue weighted by atomic mass is 28.4. The van der Waals surface area contributed by atoms with Crippen LogP contribution >= 0.6 is 0 Å². The van der Waals surface area contributed by atoms with Crippen molar-refractivity contribution >= 4 is 26.2 Å². The smallest absolute Gasteiger partial charge is 0.338 e. The lowest BCUT2D eigenvalue weighted by atomic mass is 9.32.